The molecule has 0 aromatic heterocycles. The van der Waals surface area contributed by atoms with Gasteiger partial charge in [0.2, 0.25) is 0 Å². The van der Waals surface area contributed by atoms with Crippen LogP contribution in [0.3, 0.4) is 0 Å². The van der Waals surface area contributed by atoms with E-state index in [4.69, 9.17) is 14.2 Å². The Bertz CT molecular complexity index is 1480. The molecule has 0 bridgehead atoms. The third-order valence-corrected chi connectivity index (χ3v) is 9.74. The van der Waals surface area contributed by atoms with E-state index in [0.717, 1.165) is 89.9 Å². The minimum atomic E-state index is -0.835. The number of carbonyl (C=O) groups excluding carboxylic acids is 3. The Morgan fingerprint density at radius 2 is 0.703 bits per heavy atom. The van der Waals surface area contributed by atoms with Crippen molar-refractivity contribution in [1.82, 2.24) is 0 Å². The lowest BCUT2D eigenvalue weighted by atomic mass is 10.1. The van der Waals surface area contributed by atoms with Gasteiger partial charge in [0.1, 0.15) is 13.2 Å². The van der Waals surface area contributed by atoms with Crippen molar-refractivity contribution in [3.63, 3.8) is 0 Å². The third kappa shape index (κ3) is 48.3. The van der Waals surface area contributed by atoms with Crippen molar-refractivity contribution in [1.29, 1.82) is 0 Å². The van der Waals surface area contributed by atoms with Gasteiger partial charge in [0.15, 0.2) is 6.10 Å². The van der Waals surface area contributed by atoms with Gasteiger partial charge in [-0.25, -0.2) is 0 Å². The van der Waals surface area contributed by atoms with Crippen LogP contribution in [0, 0.1) is 0 Å². The maximum Gasteiger partial charge on any atom is 0.306 e. The second-order valence-corrected chi connectivity index (χ2v) is 15.8. The summed E-state index contributed by atoms with van der Waals surface area (Å²) in [5.74, 6) is -1.06. The number of hydrogen-bond donors (Lipinski definition) is 0. The zero-order valence-electron chi connectivity index (χ0n) is 40.5. The molecule has 64 heavy (non-hydrogen) atoms. The minimum Gasteiger partial charge on any atom is -0.462 e. The molecular weight excluding hydrogens is 793 g/mol. The van der Waals surface area contributed by atoms with E-state index < -0.39 is 6.10 Å². The smallest absolute Gasteiger partial charge is 0.306 e. The first-order chi connectivity index (χ1) is 31.5. The zero-order chi connectivity index (χ0) is 46.5. The van der Waals surface area contributed by atoms with Crippen LogP contribution in [0.5, 0.6) is 0 Å². The number of rotatable bonds is 42. The number of ether oxygens (including phenoxy) is 3. The van der Waals surface area contributed by atoms with Crippen molar-refractivity contribution in [2.45, 2.75) is 187 Å². The van der Waals surface area contributed by atoms with E-state index in [1.165, 1.54) is 38.5 Å². The molecule has 0 aliphatic carbocycles. The molecule has 1 unspecified atom stereocenters. The van der Waals surface area contributed by atoms with Gasteiger partial charge in [-0.3, -0.25) is 14.4 Å². The SMILES string of the molecule is CC\C=C/C=C\C=C/C=C\C=C\C=C/C=C\CCCCCC(=O)OCC(COC(=O)CCCCCC/C=C\CCCC)OC(=O)CCC/C=C\C/C=C\C/C=C\C/C=C\CCCCC. The topological polar surface area (TPSA) is 78.9 Å². The Labute approximate surface area is 391 Å². The molecule has 0 spiro atoms. The Balaban J connectivity index is 4.60. The Morgan fingerprint density at radius 1 is 0.344 bits per heavy atom. The Hall–Kier alpha value is -4.71. The molecule has 6 nitrogen and oxygen atoms in total. The highest BCUT2D eigenvalue weighted by molar-refractivity contribution is 5.71. The highest BCUT2D eigenvalue weighted by Gasteiger charge is 2.19. The standard InChI is InChI=1S/C58H88O6/c1-4-7-10-13-16-19-22-24-26-28-29-31-32-34-36-39-42-45-48-51-57(60)63-54-55(53-62-56(59)50-47-44-41-38-21-18-15-12-9-6-3)64-58(61)52-49-46-43-40-37-35-33-30-27-25-23-20-17-14-11-8-5-2/h7,10,13,15-20,22,24-29,31-36,40,43,55H,4-6,8-9,11-12,14,21,23,30,37-39,41-42,44-54H2,1-3H3/b10-7-,16-13-,18-15-,20-17-,22-19-,26-24-,27-25-,29-28+,32-31-,35-33-,36-34-,43-40-. The van der Waals surface area contributed by atoms with Crippen LogP contribution in [-0.4, -0.2) is 37.2 Å². The second-order valence-electron chi connectivity index (χ2n) is 15.8. The molecule has 0 aromatic carbocycles. The van der Waals surface area contributed by atoms with E-state index in [0.29, 0.717) is 19.3 Å². The molecule has 0 saturated heterocycles. The summed E-state index contributed by atoms with van der Waals surface area (Å²) < 4.78 is 16.7. The molecule has 0 N–H and O–H groups in total. The number of carbonyl (C=O) groups is 3. The number of unbranched alkanes of at least 4 members (excludes halogenated alkanes) is 13. The molecule has 1 atom stereocenters. The van der Waals surface area contributed by atoms with Gasteiger partial charge >= 0.3 is 17.9 Å². The highest BCUT2D eigenvalue weighted by atomic mass is 16.6. The van der Waals surface area contributed by atoms with E-state index >= 15 is 0 Å². The molecule has 0 aliphatic rings. The first kappa shape index (κ1) is 59.3. The van der Waals surface area contributed by atoms with E-state index in [9.17, 15) is 14.4 Å². The number of allylic oxidation sites excluding steroid dienone is 24. The summed E-state index contributed by atoms with van der Waals surface area (Å²) in [4.78, 5) is 37.9. The van der Waals surface area contributed by atoms with E-state index in [1.54, 1.807) is 0 Å². The molecule has 6 heteroatoms. The van der Waals surface area contributed by atoms with Crippen molar-refractivity contribution < 1.29 is 28.6 Å². The van der Waals surface area contributed by atoms with Gasteiger partial charge in [-0.05, 0) is 96.3 Å². The van der Waals surface area contributed by atoms with Crippen LogP contribution in [0.15, 0.2) is 146 Å². The summed E-state index contributed by atoms with van der Waals surface area (Å²) in [6.07, 6.45) is 72.6. The fourth-order valence-corrected chi connectivity index (χ4v) is 5.98. The lowest BCUT2D eigenvalue weighted by molar-refractivity contribution is -0.167. The minimum absolute atomic E-state index is 0.128. The predicted molar refractivity (Wildman–Crippen MR) is 274 cm³/mol. The predicted octanol–water partition coefficient (Wildman–Crippen LogP) is 16.5. The first-order valence-corrected chi connectivity index (χ1v) is 24.9. The van der Waals surface area contributed by atoms with Crippen molar-refractivity contribution >= 4 is 17.9 Å². The van der Waals surface area contributed by atoms with Crippen LogP contribution < -0.4 is 0 Å². The van der Waals surface area contributed by atoms with Crippen LogP contribution in [-0.2, 0) is 28.6 Å². The fraction of sp³-hybridized carbons (Fsp3) is 0.534. The molecule has 0 saturated carbocycles. The molecule has 0 rings (SSSR count). The van der Waals surface area contributed by atoms with Crippen molar-refractivity contribution in [2.24, 2.45) is 0 Å². The van der Waals surface area contributed by atoms with Gasteiger partial charge < -0.3 is 14.2 Å². The molecular formula is C58H88O6. The largest absolute Gasteiger partial charge is 0.462 e. The van der Waals surface area contributed by atoms with E-state index in [-0.39, 0.29) is 44.0 Å². The molecule has 0 amide bonds. The highest BCUT2D eigenvalue weighted by Crippen LogP contribution is 2.11. The molecule has 356 valence electrons. The average Bonchev–Trinajstić information content (AvgIpc) is 3.29. The van der Waals surface area contributed by atoms with Crippen LogP contribution >= 0.6 is 0 Å². The summed E-state index contributed by atoms with van der Waals surface area (Å²) in [6.45, 7) is 6.29. The van der Waals surface area contributed by atoms with Gasteiger partial charge in [-0.2, -0.15) is 0 Å². The maximum absolute atomic E-state index is 12.8. The lowest BCUT2D eigenvalue weighted by Crippen LogP contribution is -2.30. The summed E-state index contributed by atoms with van der Waals surface area (Å²) in [6, 6.07) is 0. The Kier molecular flexibility index (Phi) is 47.2. The Morgan fingerprint density at radius 3 is 1.20 bits per heavy atom. The van der Waals surface area contributed by atoms with E-state index in [1.807, 2.05) is 72.9 Å². The van der Waals surface area contributed by atoms with Gasteiger partial charge in [0.25, 0.3) is 0 Å². The fourth-order valence-electron chi connectivity index (χ4n) is 5.98. The summed E-state index contributed by atoms with van der Waals surface area (Å²) in [5, 5.41) is 0. The number of hydrogen-bond acceptors (Lipinski definition) is 6. The van der Waals surface area contributed by atoms with Crippen LogP contribution in [0.25, 0.3) is 0 Å². The van der Waals surface area contributed by atoms with Crippen molar-refractivity contribution in [2.75, 3.05) is 13.2 Å². The van der Waals surface area contributed by atoms with Crippen molar-refractivity contribution in [3.8, 4) is 0 Å². The van der Waals surface area contributed by atoms with Crippen LogP contribution in [0.4, 0.5) is 0 Å². The lowest BCUT2D eigenvalue weighted by Gasteiger charge is -2.18. The zero-order valence-corrected chi connectivity index (χ0v) is 40.5. The molecule has 0 radical (unpaired) electrons. The molecule has 0 aromatic rings. The normalized spacial score (nSPS) is 13.4. The average molecular weight is 881 g/mol. The van der Waals surface area contributed by atoms with Gasteiger partial charge in [-0.1, -0.05) is 212 Å². The van der Waals surface area contributed by atoms with Crippen LogP contribution in [0.1, 0.15) is 181 Å². The van der Waals surface area contributed by atoms with Gasteiger partial charge in [0, 0.05) is 19.3 Å². The quantitative estimate of drug-likeness (QED) is 0.0200. The summed E-state index contributed by atoms with van der Waals surface area (Å²) in [5.41, 5.74) is 0. The number of esters is 3. The maximum atomic E-state index is 12.8. The molecule has 0 aliphatic heterocycles. The first-order valence-electron chi connectivity index (χ1n) is 24.9. The van der Waals surface area contributed by atoms with Crippen molar-refractivity contribution in [3.05, 3.63) is 146 Å². The third-order valence-electron chi connectivity index (χ3n) is 9.74. The van der Waals surface area contributed by atoms with Gasteiger partial charge in [-0.15, -0.1) is 0 Å². The summed E-state index contributed by atoms with van der Waals surface area (Å²) >= 11 is 0. The van der Waals surface area contributed by atoms with Crippen LogP contribution in [0.2, 0.25) is 0 Å². The molecule has 0 fully saturated rings. The van der Waals surface area contributed by atoms with E-state index in [2.05, 4.69) is 93.7 Å². The molecule has 0 heterocycles. The second kappa shape index (κ2) is 50.9. The monoisotopic (exact) mass is 881 g/mol. The van der Waals surface area contributed by atoms with Gasteiger partial charge in [0.05, 0.1) is 0 Å². The summed E-state index contributed by atoms with van der Waals surface area (Å²) in [7, 11) is 0.